The van der Waals surface area contributed by atoms with Crippen LogP contribution in [0.4, 0.5) is 13.2 Å². The first-order valence-electron chi connectivity index (χ1n) is 5.73. The van der Waals surface area contributed by atoms with E-state index in [1.807, 2.05) is 0 Å². The van der Waals surface area contributed by atoms with Crippen molar-refractivity contribution in [3.05, 3.63) is 46.5 Å². The van der Waals surface area contributed by atoms with Gasteiger partial charge in [-0.1, -0.05) is 12.1 Å². The van der Waals surface area contributed by atoms with Crippen molar-refractivity contribution in [2.24, 2.45) is 0 Å². The topological polar surface area (TPSA) is 54.5 Å². The number of nitrogens with zero attached hydrogens (tertiary/aromatic N) is 1. The highest BCUT2D eigenvalue weighted by Crippen LogP contribution is 2.30. The van der Waals surface area contributed by atoms with Gasteiger partial charge in [0.15, 0.2) is 9.84 Å². The van der Waals surface area contributed by atoms with E-state index in [-0.39, 0.29) is 5.56 Å². The van der Waals surface area contributed by atoms with Gasteiger partial charge in [0.05, 0.1) is 5.56 Å². The fraction of sp³-hybridized carbons (Fsp3) is 0.308. The standard InChI is InChI=1S/C13H14F3NO3S/c1-17(2)8-11(21(3,19)20)12(18)9-5-4-6-10(7-9)13(14,15)16/h4-8H,1-3H3. The van der Waals surface area contributed by atoms with Gasteiger partial charge in [-0.15, -0.1) is 0 Å². The van der Waals surface area contributed by atoms with Crippen molar-refractivity contribution < 1.29 is 26.4 Å². The molecule has 4 nitrogen and oxygen atoms in total. The number of hydrogen-bond acceptors (Lipinski definition) is 4. The Morgan fingerprint density at radius 2 is 1.81 bits per heavy atom. The molecule has 0 radical (unpaired) electrons. The van der Waals surface area contributed by atoms with Crippen LogP contribution in [0, 0.1) is 0 Å². The lowest BCUT2D eigenvalue weighted by Gasteiger charge is -2.11. The second-order valence-electron chi connectivity index (χ2n) is 4.64. The Labute approximate surface area is 120 Å². The Kier molecular flexibility index (Phi) is 4.83. The van der Waals surface area contributed by atoms with Gasteiger partial charge in [-0.25, -0.2) is 8.42 Å². The van der Waals surface area contributed by atoms with E-state index in [9.17, 15) is 26.4 Å². The van der Waals surface area contributed by atoms with Crippen LogP contribution < -0.4 is 0 Å². The van der Waals surface area contributed by atoms with Crippen molar-refractivity contribution in [3.8, 4) is 0 Å². The van der Waals surface area contributed by atoms with Crippen LogP contribution in [0.5, 0.6) is 0 Å². The Morgan fingerprint density at radius 3 is 2.24 bits per heavy atom. The summed E-state index contributed by atoms with van der Waals surface area (Å²) in [4.78, 5) is 12.9. The summed E-state index contributed by atoms with van der Waals surface area (Å²) in [6, 6.07) is 3.65. The Morgan fingerprint density at radius 1 is 1.24 bits per heavy atom. The third-order valence-electron chi connectivity index (χ3n) is 2.45. The minimum atomic E-state index is -4.60. The second kappa shape index (κ2) is 5.88. The van der Waals surface area contributed by atoms with E-state index in [0.717, 1.165) is 30.7 Å². The molecule has 0 spiro atoms. The third kappa shape index (κ3) is 4.59. The Balaban J connectivity index is 3.36. The molecule has 116 valence electrons. The maximum atomic E-state index is 12.6. The summed E-state index contributed by atoms with van der Waals surface area (Å²) in [6.07, 6.45) is -2.71. The monoisotopic (exact) mass is 321 g/mol. The van der Waals surface area contributed by atoms with Gasteiger partial charge in [0, 0.05) is 32.1 Å². The van der Waals surface area contributed by atoms with Crippen LogP contribution in [0.3, 0.4) is 0 Å². The molecule has 0 aromatic heterocycles. The van der Waals surface area contributed by atoms with Crippen LogP contribution in [0.25, 0.3) is 0 Å². The highest BCUT2D eigenvalue weighted by Gasteiger charge is 2.31. The average molecular weight is 321 g/mol. The molecule has 0 heterocycles. The average Bonchev–Trinajstić information content (AvgIpc) is 2.33. The van der Waals surface area contributed by atoms with Crippen molar-refractivity contribution in [3.63, 3.8) is 0 Å². The molecular formula is C13H14F3NO3S. The van der Waals surface area contributed by atoms with E-state index in [2.05, 4.69) is 0 Å². The number of carbonyl (C=O) groups is 1. The van der Waals surface area contributed by atoms with Gasteiger partial charge in [0.2, 0.25) is 5.78 Å². The van der Waals surface area contributed by atoms with Crippen molar-refractivity contribution in [2.75, 3.05) is 20.4 Å². The molecule has 21 heavy (non-hydrogen) atoms. The van der Waals surface area contributed by atoms with Crippen molar-refractivity contribution >= 4 is 15.6 Å². The summed E-state index contributed by atoms with van der Waals surface area (Å²) in [5, 5.41) is 0. The number of halogens is 3. The smallest absolute Gasteiger partial charge is 0.382 e. The van der Waals surface area contributed by atoms with E-state index >= 15 is 0 Å². The lowest BCUT2D eigenvalue weighted by atomic mass is 10.1. The van der Waals surface area contributed by atoms with Crippen molar-refractivity contribution in [1.82, 2.24) is 4.90 Å². The first-order valence-corrected chi connectivity index (χ1v) is 7.62. The van der Waals surface area contributed by atoms with Crippen LogP contribution >= 0.6 is 0 Å². The van der Waals surface area contributed by atoms with Gasteiger partial charge in [-0.05, 0) is 12.1 Å². The molecule has 0 aliphatic carbocycles. The molecule has 0 unspecified atom stereocenters. The van der Waals surface area contributed by atoms with Gasteiger partial charge in [0.1, 0.15) is 4.91 Å². The van der Waals surface area contributed by atoms with Crippen LogP contribution in [0.1, 0.15) is 15.9 Å². The lowest BCUT2D eigenvalue weighted by Crippen LogP contribution is -2.17. The number of Topliss-reactive ketones (excluding diaryl/α,β-unsaturated/α-hetero) is 1. The molecule has 0 aliphatic rings. The molecule has 0 aliphatic heterocycles. The Hall–Kier alpha value is -1.83. The number of benzene rings is 1. The summed E-state index contributed by atoms with van der Waals surface area (Å²) in [6.45, 7) is 0. The molecule has 0 N–H and O–H groups in total. The van der Waals surface area contributed by atoms with Gasteiger partial charge >= 0.3 is 6.18 Å². The molecule has 8 heteroatoms. The van der Waals surface area contributed by atoms with Gasteiger partial charge in [-0.2, -0.15) is 13.2 Å². The number of ketones is 1. The molecule has 0 saturated heterocycles. The summed E-state index contributed by atoms with van der Waals surface area (Å²) in [7, 11) is -0.858. The van der Waals surface area contributed by atoms with Crippen molar-refractivity contribution in [2.45, 2.75) is 6.18 Å². The van der Waals surface area contributed by atoms with Crippen LogP contribution in [0.2, 0.25) is 0 Å². The zero-order chi connectivity index (χ0) is 16.4. The van der Waals surface area contributed by atoms with Crippen LogP contribution in [-0.4, -0.2) is 39.5 Å². The minimum Gasteiger partial charge on any atom is -0.382 e. The predicted octanol–water partition coefficient (Wildman–Crippen LogP) is 2.34. The molecule has 0 amide bonds. The van der Waals surface area contributed by atoms with E-state index < -0.39 is 32.3 Å². The minimum absolute atomic E-state index is 0.330. The maximum Gasteiger partial charge on any atom is 0.416 e. The van der Waals surface area contributed by atoms with Gasteiger partial charge in [0.25, 0.3) is 0 Å². The number of hydrogen-bond donors (Lipinski definition) is 0. The first kappa shape index (κ1) is 17.2. The fourth-order valence-electron chi connectivity index (χ4n) is 1.54. The zero-order valence-electron chi connectivity index (χ0n) is 11.6. The molecule has 0 fully saturated rings. The highest BCUT2D eigenvalue weighted by atomic mass is 32.2. The predicted molar refractivity (Wildman–Crippen MR) is 72.4 cm³/mol. The van der Waals surface area contributed by atoms with E-state index in [0.29, 0.717) is 6.07 Å². The summed E-state index contributed by atoms with van der Waals surface area (Å²) in [5.74, 6) is -0.975. The third-order valence-corrected chi connectivity index (χ3v) is 3.54. The van der Waals surface area contributed by atoms with Crippen LogP contribution in [-0.2, 0) is 16.0 Å². The van der Waals surface area contributed by atoms with E-state index in [4.69, 9.17) is 0 Å². The molecule has 0 atom stereocenters. The number of rotatable bonds is 4. The fourth-order valence-corrected chi connectivity index (χ4v) is 2.39. The number of allylic oxidation sites excluding steroid dienone is 1. The molecule has 1 aromatic carbocycles. The summed E-state index contributed by atoms with van der Waals surface area (Å²) in [5.41, 5.74) is -1.34. The maximum absolute atomic E-state index is 12.6. The molecule has 1 rings (SSSR count). The molecule has 1 aromatic rings. The highest BCUT2D eigenvalue weighted by molar-refractivity contribution is 7.95. The van der Waals surface area contributed by atoms with Crippen LogP contribution in [0.15, 0.2) is 35.4 Å². The Bertz CT molecular complexity index is 676. The zero-order valence-corrected chi connectivity index (χ0v) is 12.4. The van der Waals surface area contributed by atoms with Gasteiger partial charge < -0.3 is 4.90 Å². The van der Waals surface area contributed by atoms with Crippen molar-refractivity contribution in [1.29, 1.82) is 0 Å². The molecular weight excluding hydrogens is 307 g/mol. The first-order chi connectivity index (χ1) is 9.43. The summed E-state index contributed by atoms with van der Waals surface area (Å²) >= 11 is 0. The number of sulfone groups is 1. The van der Waals surface area contributed by atoms with E-state index in [1.165, 1.54) is 19.0 Å². The van der Waals surface area contributed by atoms with E-state index in [1.54, 1.807) is 0 Å². The lowest BCUT2D eigenvalue weighted by molar-refractivity contribution is -0.137. The largest absolute Gasteiger partial charge is 0.416 e. The number of alkyl halides is 3. The molecule has 0 bridgehead atoms. The SMILES string of the molecule is CN(C)C=C(C(=O)c1cccc(C(F)(F)F)c1)S(C)(=O)=O. The summed E-state index contributed by atoms with van der Waals surface area (Å²) < 4.78 is 61.1. The van der Waals surface area contributed by atoms with Gasteiger partial charge in [-0.3, -0.25) is 4.79 Å². The number of carbonyl (C=O) groups excluding carboxylic acids is 1. The quantitative estimate of drug-likeness (QED) is 0.631. The normalized spacial score (nSPS) is 13.1. The molecule has 0 saturated carbocycles. The second-order valence-corrected chi connectivity index (χ2v) is 6.62.